The molecule has 0 bridgehead atoms. The van der Waals surface area contributed by atoms with Crippen LogP contribution in [0.1, 0.15) is 28.4 Å². The Morgan fingerprint density at radius 2 is 1.77 bits per heavy atom. The molecular formula is C21H25NO4. The zero-order chi connectivity index (χ0) is 18.9. The fourth-order valence-corrected chi connectivity index (χ4v) is 2.71. The molecule has 2 aromatic carbocycles. The summed E-state index contributed by atoms with van der Waals surface area (Å²) in [6.45, 7) is 2.98. The number of carbonyl (C=O) groups is 2. The molecule has 0 unspecified atom stereocenters. The van der Waals surface area contributed by atoms with Crippen molar-refractivity contribution in [2.24, 2.45) is 0 Å². The van der Waals surface area contributed by atoms with Gasteiger partial charge in [0.05, 0.1) is 20.1 Å². The summed E-state index contributed by atoms with van der Waals surface area (Å²) in [4.78, 5) is 26.3. The van der Waals surface area contributed by atoms with Crippen LogP contribution in [0.25, 0.3) is 0 Å². The van der Waals surface area contributed by atoms with Crippen LogP contribution in [-0.2, 0) is 22.5 Å². The van der Waals surface area contributed by atoms with Gasteiger partial charge in [-0.15, -0.1) is 0 Å². The predicted molar refractivity (Wildman–Crippen MR) is 100 cm³/mol. The second-order valence-corrected chi connectivity index (χ2v) is 6.05. The summed E-state index contributed by atoms with van der Waals surface area (Å²) >= 11 is 0. The normalized spacial score (nSPS) is 10.4. The predicted octanol–water partition coefficient (Wildman–Crippen LogP) is 3.12. The smallest absolute Gasteiger partial charge is 0.227 e. The van der Waals surface area contributed by atoms with E-state index in [9.17, 15) is 9.59 Å². The molecule has 5 nitrogen and oxygen atoms in total. The Labute approximate surface area is 154 Å². The van der Waals surface area contributed by atoms with E-state index < -0.39 is 0 Å². The molecule has 0 spiro atoms. The first-order valence-corrected chi connectivity index (χ1v) is 8.53. The maximum atomic E-state index is 12.9. The van der Waals surface area contributed by atoms with Crippen molar-refractivity contribution in [3.8, 4) is 5.75 Å². The Kier molecular flexibility index (Phi) is 7.36. The highest BCUT2D eigenvalue weighted by atomic mass is 16.5. The van der Waals surface area contributed by atoms with Crippen molar-refractivity contribution in [3.63, 3.8) is 0 Å². The molecule has 138 valence electrons. The van der Waals surface area contributed by atoms with Crippen LogP contribution in [0.3, 0.4) is 0 Å². The number of amides is 1. The van der Waals surface area contributed by atoms with Crippen molar-refractivity contribution < 1.29 is 19.1 Å². The number of ether oxygens (including phenoxy) is 2. The SMILES string of the molecule is COCCN(Cc1ccccc1)C(=O)Cc1cc(C(C)=O)ccc1OC. The summed E-state index contributed by atoms with van der Waals surface area (Å²) in [5.74, 6) is 0.529. The quantitative estimate of drug-likeness (QED) is 0.649. The van der Waals surface area contributed by atoms with Crippen molar-refractivity contribution >= 4 is 11.7 Å². The monoisotopic (exact) mass is 355 g/mol. The van der Waals surface area contributed by atoms with Gasteiger partial charge in [-0.3, -0.25) is 9.59 Å². The van der Waals surface area contributed by atoms with Crippen LogP contribution in [-0.4, -0.2) is 44.0 Å². The number of Topliss-reactive ketones (excluding diaryl/α,β-unsaturated/α-hetero) is 1. The number of methoxy groups -OCH3 is 2. The Balaban J connectivity index is 2.20. The van der Waals surface area contributed by atoms with E-state index in [0.717, 1.165) is 5.56 Å². The first-order chi connectivity index (χ1) is 12.5. The molecule has 0 aliphatic heterocycles. The molecule has 2 rings (SSSR count). The highest BCUT2D eigenvalue weighted by Crippen LogP contribution is 2.22. The van der Waals surface area contributed by atoms with Gasteiger partial charge in [-0.25, -0.2) is 0 Å². The number of hydrogen-bond donors (Lipinski definition) is 0. The number of rotatable bonds is 9. The van der Waals surface area contributed by atoms with E-state index in [-0.39, 0.29) is 18.1 Å². The van der Waals surface area contributed by atoms with Crippen LogP contribution in [0, 0.1) is 0 Å². The molecular weight excluding hydrogens is 330 g/mol. The van der Waals surface area contributed by atoms with Gasteiger partial charge in [0.1, 0.15) is 5.75 Å². The summed E-state index contributed by atoms with van der Waals surface area (Å²) in [6.07, 6.45) is 0.168. The minimum atomic E-state index is -0.0399. The van der Waals surface area contributed by atoms with Crippen molar-refractivity contribution in [2.45, 2.75) is 19.9 Å². The molecule has 0 radical (unpaired) electrons. The van der Waals surface area contributed by atoms with Crippen LogP contribution >= 0.6 is 0 Å². The molecule has 2 aromatic rings. The molecule has 0 heterocycles. The summed E-state index contributed by atoms with van der Waals surface area (Å²) in [7, 11) is 3.17. The average molecular weight is 355 g/mol. The van der Waals surface area contributed by atoms with Crippen LogP contribution < -0.4 is 4.74 Å². The maximum Gasteiger partial charge on any atom is 0.227 e. The lowest BCUT2D eigenvalue weighted by molar-refractivity contribution is -0.131. The number of carbonyl (C=O) groups excluding carboxylic acids is 2. The topological polar surface area (TPSA) is 55.8 Å². The lowest BCUT2D eigenvalue weighted by atomic mass is 10.0. The summed E-state index contributed by atoms with van der Waals surface area (Å²) in [5, 5.41) is 0. The van der Waals surface area contributed by atoms with Gasteiger partial charge in [0.2, 0.25) is 5.91 Å². The Morgan fingerprint density at radius 1 is 1.04 bits per heavy atom. The van der Waals surface area contributed by atoms with E-state index in [4.69, 9.17) is 9.47 Å². The van der Waals surface area contributed by atoms with E-state index >= 15 is 0 Å². The molecule has 0 atom stereocenters. The largest absolute Gasteiger partial charge is 0.496 e. The van der Waals surface area contributed by atoms with Crippen LogP contribution in [0.5, 0.6) is 5.75 Å². The third kappa shape index (κ3) is 5.43. The Morgan fingerprint density at radius 3 is 2.38 bits per heavy atom. The standard InChI is InChI=1S/C21H25NO4/c1-16(23)18-9-10-20(26-3)19(13-18)14-21(24)22(11-12-25-2)15-17-7-5-4-6-8-17/h4-10,13H,11-12,14-15H2,1-3H3. The number of benzene rings is 2. The van der Waals surface area contributed by atoms with E-state index in [1.165, 1.54) is 6.92 Å². The number of ketones is 1. The molecule has 0 N–H and O–H groups in total. The van der Waals surface area contributed by atoms with E-state index in [1.54, 1.807) is 37.3 Å². The second-order valence-electron chi connectivity index (χ2n) is 6.05. The summed E-state index contributed by atoms with van der Waals surface area (Å²) < 4.78 is 10.5. The molecule has 5 heteroatoms. The number of nitrogens with zero attached hydrogens (tertiary/aromatic N) is 1. The van der Waals surface area contributed by atoms with Crippen LogP contribution in [0.15, 0.2) is 48.5 Å². The van der Waals surface area contributed by atoms with Crippen LogP contribution in [0.2, 0.25) is 0 Å². The molecule has 0 aliphatic carbocycles. The van der Waals surface area contributed by atoms with Crippen molar-refractivity contribution in [1.82, 2.24) is 4.90 Å². The zero-order valence-electron chi connectivity index (χ0n) is 15.5. The average Bonchev–Trinajstić information content (AvgIpc) is 2.65. The van der Waals surface area contributed by atoms with Crippen LogP contribution in [0.4, 0.5) is 0 Å². The molecule has 0 saturated heterocycles. The minimum Gasteiger partial charge on any atom is -0.496 e. The Bertz CT molecular complexity index is 743. The van der Waals surface area contributed by atoms with Gasteiger partial charge in [0.25, 0.3) is 0 Å². The highest BCUT2D eigenvalue weighted by Gasteiger charge is 2.17. The molecule has 26 heavy (non-hydrogen) atoms. The summed E-state index contributed by atoms with van der Waals surface area (Å²) in [6, 6.07) is 15.0. The molecule has 0 aromatic heterocycles. The van der Waals surface area contributed by atoms with Gasteiger partial charge < -0.3 is 14.4 Å². The van der Waals surface area contributed by atoms with E-state index in [0.29, 0.717) is 36.6 Å². The molecule has 1 amide bonds. The first-order valence-electron chi connectivity index (χ1n) is 8.53. The van der Waals surface area contributed by atoms with E-state index in [2.05, 4.69) is 0 Å². The van der Waals surface area contributed by atoms with Gasteiger partial charge in [-0.1, -0.05) is 30.3 Å². The zero-order valence-corrected chi connectivity index (χ0v) is 15.5. The van der Waals surface area contributed by atoms with Gasteiger partial charge in [0.15, 0.2) is 5.78 Å². The van der Waals surface area contributed by atoms with Gasteiger partial charge in [0, 0.05) is 31.3 Å². The fourth-order valence-electron chi connectivity index (χ4n) is 2.71. The maximum absolute atomic E-state index is 12.9. The molecule has 0 aliphatic rings. The van der Waals surface area contributed by atoms with Crippen molar-refractivity contribution in [2.75, 3.05) is 27.4 Å². The third-order valence-electron chi connectivity index (χ3n) is 4.16. The van der Waals surface area contributed by atoms with Crippen molar-refractivity contribution in [1.29, 1.82) is 0 Å². The van der Waals surface area contributed by atoms with Gasteiger partial charge in [-0.2, -0.15) is 0 Å². The molecule has 0 saturated carbocycles. The second kappa shape index (κ2) is 9.73. The number of hydrogen-bond acceptors (Lipinski definition) is 4. The fraction of sp³-hybridized carbons (Fsp3) is 0.333. The van der Waals surface area contributed by atoms with Gasteiger partial charge >= 0.3 is 0 Å². The van der Waals surface area contributed by atoms with Gasteiger partial charge in [-0.05, 0) is 30.7 Å². The first kappa shape index (κ1) is 19.7. The van der Waals surface area contributed by atoms with E-state index in [1.807, 2.05) is 30.3 Å². The third-order valence-corrected chi connectivity index (χ3v) is 4.16. The Hall–Kier alpha value is -2.66. The van der Waals surface area contributed by atoms with Crippen molar-refractivity contribution in [3.05, 3.63) is 65.2 Å². The summed E-state index contributed by atoms with van der Waals surface area (Å²) in [5.41, 5.74) is 2.34. The minimum absolute atomic E-state index is 0.0371. The molecule has 0 fully saturated rings. The lowest BCUT2D eigenvalue weighted by Crippen LogP contribution is -2.34. The highest BCUT2D eigenvalue weighted by molar-refractivity contribution is 5.94. The lowest BCUT2D eigenvalue weighted by Gasteiger charge is -2.23.